The van der Waals surface area contributed by atoms with Crippen molar-refractivity contribution in [1.29, 1.82) is 0 Å². The number of anilines is 1. The number of carboxylic acid groups (broad SMARTS) is 2. The highest BCUT2D eigenvalue weighted by molar-refractivity contribution is 8.27. The molecule has 2 aromatic rings. The third kappa shape index (κ3) is 4.21. The van der Waals surface area contributed by atoms with Crippen molar-refractivity contribution < 1.29 is 29.3 Å². The number of benzene rings is 2. The van der Waals surface area contributed by atoms with Crippen LogP contribution in [0.3, 0.4) is 0 Å². The Hall–Kier alpha value is -3.17. The van der Waals surface area contributed by atoms with Crippen LogP contribution in [0.15, 0.2) is 53.4 Å². The summed E-state index contributed by atoms with van der Waals surface area (Å²) >= 11 is 6.36. The predicted octanol–water partition coefficient (Wildman–Crippen LogP) is 3.25. The zero-order chi connectivity index (χ0) is 20.3. The van der Waals surface area contributed by atoms with Crippen LogP contribution < -0.4 is 9.64 Å². The number of ether oxygens (including phenoxy) is 1. The maximum absolute atomic E-state index is 12.8. The smallest absolute Gasteiger partial charge is 0.341 e. The number of aliphatic carboxylic acids is 1. The van der Waals surface area contributed by atoms with Gasteiger partial charge in [-0.15, -0.1) is 0 Å². The first-order chi connectivity index (χ1) is 13.4. The number of hydrogen-bond donors (Lipinski definition) is 2. The van der Waals surface area contributed by atoms with Crippen molar-refractivity contribution in [1.82, 2.24) is 0 Å². The minimum absolute atomic E-state index is 0.0444. The third-order valence-electron chi connectivity index (χ3n) is 3.70. The van der Waals surface area contributed by atoms with Gasteiger partial charge < -0.3 is 14.9 Å². The van der Waals surface area contributed by atoms with Crippen LogP contribution in [0.2, 0.25) is 0 Å². The molecule has 7 nitrogen and oxygen atoms in total. The molecule has 142 valence electrons. The summed E-state index contributed by atoms with van der Waals surface area (Å²) in [6.45, 7) is -0.506. The third-order valence-corrected chi connectivity index (χ3v) is 5.00. The molecule has 3 rings (SSSR count). The van der Waals surface area contributed by atoms with E-state index in [1.165, 1.54) is 23.1 Å². The number of carbonyl (C=O) groups excluding carboxylic acids is 1. The Labute approximate surface area is 169 Å². The molecule has 1 aliphatic rings. The summed E-state index contributed by atoms with van der Waals surface area (Å²) in [6, 6.07) is 12.7. The lowest BCUT2D eigenvalue weighted by molar-refractivity contribution is -0.139. The lowest BCUT2D eigenvalue weighted by Crippen LogP contribution is -2.27. The van der Waals surface area contributed by atoms with Crippen molar-refractivity contribution in [3.63, 3.8) is 0 Å². The van der Waals surface area contributed by atoms with E-state index in [1.807, 2.05) is 0 Å². The molecule has 0 radical (unpaired) electrons. The quantitative estimate of drug-likeness (QED) is 0.547. The van der Waals surface area contributed by atoms with Crippen LogP contribution in [0.4, 0.5) is 5.69 Å². The molecule has 0 unspecified atom stereocenters. The number of thiocarbonyl (C=S) groups is 1. The number of carbonyl (C=O) groups is 3. The Balaban J connectivity index is 1.91. The van der Waals surface area contributed by atoms with Crippen LogP contribution in [0.25, 0.3) is 6.08 Å². The topological polar surface area (TPSA) is 104 Å². The van der Waals surface area contributed by atoms with E-state index in [-0.39, 0.29) is 9.88 Å². The van der Waals surface area contributed by atoms with Crippen molar-refractivity contribution in [2.45, 2.75) is 0 Å². The van der Waals surface area contributed by atoms with Crippen LogP contribution in [-0.4, -0.2) is 39.0 Å². The van der Waals surface area contributed by atoms with Gasteiger partial charge in [0.2, 0.25) is 0 Å². The Morgan fingerprint density at radius 2 is 1.89 bits per heavy atom. The van der Waals surface area contributed by atoms with Crippen molar-refractivity contribution in [2.24, 2.45) is 0 Å². The fourth-order valence-corrected chi connectivity index (χ4v) is 3.77. The van der Waals surface area contributed by atoms with Gasteiger partial charge in [0.15, 0.2) is 10.9 Å². The lowest BCUT2D eigenvalue weighted by Gasteiger charge is -2.14. The molecule has 1 heterocycles. The van der Waals surface area contributed by atoms with E-state index in [2.05, 4.69) is 0 Å². The average molecular weight is 415 g/mol. The molecule has 0 saturated carbocycles. The number of aromatic carboxylic acids is 1. The van der Waals surface area contributed by atoms with Gasteiger partial charge in [-0.1, -0.05) is 48.2 Å². The van der Waals surface area contributed by atoms with Gasteiger partial charge in [0.05, 0.1) is 16.2 Å². The molecule has 0 atom stereocenters. The molecular weight excluding hydrogens is 402 g/mol. The minimum atomic E-state index is -1.11. The molecule has 0 aliphatic carbocycles. The van der Waals surface area contributed by atoms with Crippen molar-refractivity contribution in [3.05, 3.63) is 64.6 Å². The fraction of sp³-hybridized carbons (Fsp3) is 0.0526. The zero-order valence-electron chi connectivity index (χ0n) is 14.2. The standard InChI is InChI=1S/C19H13NO6S2/c21-16(22)10-26-14-7-2-1-4-11(14)9-15-17(23)20(19(27)28-15)13-6-3-5-12(8-13)18(24)25/h1-9H,10H2,(H,21,22)(H,24,25)/b15-9-. The van der Waals surface area contributed by atoms with E-state index in [0.29, 0.717) is 21.9 Å². The molecule has 1 amide bonds. The van der Waals surface area contributed by atoms with Crippen LogP contribution in [0.5, 0.6) is 5.75 Å². The molecule has 1 fully saturated rings. The maximum Gasteiger partial charge on any atom is 0.341 e. The number of para-hydroxylation sites is 1. The second-order valence-electron chi connectivity index (χ2n) is 5.59. The van der Waals surface area contributed by atoms with E-state index < -0.39 is 24.5 Å². The summed E-state index contributed by atoms with van der Waals surface area (Å²) in [7, 11) is 0. The molecule has 28 heavy (non-hydrogen) atoms. The largest absolute Gasteiger partial charge is 0.481 e. The number of amides is 1. The number of hydrogen-bond acceptors (Lipinski definition) is 6. The van der Waals surface area contributed by atoms with Crippen LogP contribution in [0.1, 0.15) is 15.9 Å². The number of rotatable bonds is 6. The maximum atomic E-state index is 12.8. The first-order valence-electron chi connectivity index (χ1n) is 7.92. The van der Waals surface area contributed by atoms with Gasteiger partial charge in [0.25, 0.3) is 5.91 Å². The van der Waals surface area contributed by atoms with Gasteiger partial charge in [-0.2, -0.15) is 0 Å². The molecule has 2 N–H and O–H groups in total. The SMILES string of the molecule is O=C(O)COc1ccccc1/C=C1\SC(=S)N(c2cccc(C(=O)O)c2)C1=O. The van der Waals surface area contributed by atoms with E-state index in [9.17, 15) is 14.4 Å². The normalized spacial score (nSPS) is 15.1. The zero-order valence-corrected chi connectivity index (χ0v) is 15.8. The van der Waals surface area contributed by atoms with Gasteiger partial charge in [0, 0.05) is 5.56 Å². The van der Waals surface area contributed by atoms with Crippen molar-refractivity contribution >= 4 is 57.9 Å². The molecular formula is C19H13NO6S2. The van der Waals surface area contributed by atoms with Gasteiger partial charge in [-0.3, -0.25) is 9.69 Å². The van der Waals surface area contributed by atoms with Gasteiger partial charge >= 0.3 is 11.9 Å². The number of nitrogens with zero attached hydrogens (tertiary/aromatic N) is 1. The average Bonchev–Trinajstić information content (AvgIpc) is 2.94. The molecule has 1 aliphatic heterocycles. The van der Waals surface area contributed by atoms with E-state index in [0.717, 1.165) is 11.8 Å². The van der Waals surface area contributed by atoms with Gasteiger partial charge in [-0.25, -0.2) is 9.59 Å². The number of carboxylic acids is 2. The Bertz CT molecular complexity index is 1020. The second kappa shape index (κ2) is 8.24. The van der Waals surface area contributed by atoms with Gasteiger partial charge in [0.1, 0.15) is 5.75 Å². The molecule has 0 spiro atoms. The van der Waals surface area contributed by atoms with Crippen molar-refractivity contribution in [2.75, 3.05) is 11.5 Å². The lowest BCUT2D eigenvalue weighted by atomic mass is 10.1. The molecule has 0 aromatic heterocycles. The number of thioether (sulfide) groups is 1. The highest BCUT2D eigenvalue weighted by Gasteiger charge is 2.33. The second-order valence-corrected chi connectivity index (χ2v) is 7.27. The predicted molar refractivity (Wildman–Crippen MR) is 109 cm³/mol. The van der Waals surface area contributed by atoms with Crippen LogP contribution in [-0.2, 0) is 9.59 Å². The Kier molecular flexibility index (Phi) is 5.76. The molecule has 1 saturated heterocycles. The Morgan fingerprint density at radius 1 is 1.14 bits per heavy atom. The first-order valence-corrected chi connectivity index (χ1v) is 9.14. The molecule has 0 bridgehead atoms. The van der Waals surface area contributed by atoms with Gasteiger partial charge in [-0.05, 0) is 30.3 Å². The summed E-state index contributed by atoms with van der Waals surface area (Å²) in [5.74, 6) is -2.29. The van der Waals surface area contributed by atoms with Crippen molar-refractivity contribution in [3.8, 4) is 5.75 Å². The van der Waals surface area contributed by atoms with E-state index >= 15 is 0 Å². The van der Waals surface area contributed by atoms with Crippen LogP contribution in [0, 0.1) is 0 Å². The highest BCUT2D eigenvalue weighted by atomic mass is 32.2. The minimum Gasteiger partial charge on any atom is -0.481 e. The molecule has 9 heteroatoms. The summed E-state index contributed by atoms with van der Waals surface area (Å²) in [4.78, 5) is 36.3. The summed E-state index contributed by atoms with van der Waals surface area (Å²) in [5, 5.41) is 17.9. The first kappa shape index (κ1) is 19.6. The summed E-state index contributed by atoms with van der Waals surface area (Å²) in [6.07, 6.45) is 1.57. The highest BCUT2D eigenvalue weighted by Crippen LogP contribution is 2.37. The fourth-order valence-electron chi connectivity index (χ4n) is 2.48. The monoisotopic (exact) mass is 415 g/mol. The summed E-state index contributed by atoms with van der Waals surface area (Å²) < 4.78 is 5.51. The van der Waals surface area contributed by atoms with E-state index in [1.54, 1.807) is 36.4 Å². The van der Waals surface area contributed by atoms with Crippen LogP contribution >= 0.6 is 24.0 Å². The summed E-state index contributed by atoms with van der Waals surface area (Å²) in [5.41, 5.74) is 0.938. The molecule has 2 aromatic carbocycles. The Morgan fingerprint density at radius 3 is 2.61 bits per heavy atom. The van der Waals surface area contributed by atoms with E-state index in [4.69, 9.17) is 27.2 Å².